The average molecular weight is 284 g/mol. The monoisotopic (exact) mass is 283 g/mol. The lowest BCUT2D eigenvalue weighted by molar-refractivity contribution is 0.0640. The molecule has 1 N–H and O–H groups in total. The molecule has 92 valence electrons. The summed E-state index contributed by atoms with van der Waals surface area (Å²) >= 11 is 6.69. The van der Waals surface area contributed by atoms with Crippen molar-refractivity contribution < 1.29 is 13.5 Å². The molecule has 1 aromatic rings. The van der Waals surface area contributed by atoms with Crippen molar-refractivity contribution in [3.63, 3.8) is 0 Å². The topological polar surface area (TPSA) is 57.6 Å². The normalized spacial score (nSPS) is 13.4. The molecule has 4 nitrogen and oxygen atoms in total. The molecule has 0 atom stereocenters. The highest BCUT2D eigenvalue weighted by Gasteiger charge is 2.27. The number of thiophene rings is 1. The lowest BCUT2D eigenvalue weighted by Gasteiger charge is -2.24. The van der Waals surface area contributed by atoms with Gasteiger partial charge in [-0.15, -0.1) is 11.3 Å². The molecular weight excluding hydrogens is 270 g/mol. The number of nitrogens with zero attached hydrogens (tertiary/aromatic N) is 1. The number of sulfonamides is 1. The van der Waals surface area contributed by atoms with E-state index in [1.165, 1.54) is 19.2 Å². The molecule has 0 bridgehead atoms. The van der Waals surface area contributed by atoms with Gasteiger partial charge in [-0.05, 0) is 26.0 Å². The van der Waals surface area contributed by atoms with Crippen molar-refractivity contribution in [1.29, 1.82) is 0 Å². The third kappa shape index (κ3) is 3.43. The van der Waals surface area contributed by atoms with Gasteiger partial charge >= 0.3 is 0 Å². The molecule has 1 heterocycles. The predicted molar refractivity (Wildman–Crippen MR) is 65.4 cm³/mol. The van der Waals surface area contributed by atoms with Gasteiger partial charge in [-0.1, -0.05) is 11.6 Å². The SMILES string of the molecule is CN(CC(C)(C)O)S(=O)(=O)c1ccc(Cl)s1. The number of aliphatic hydroxyl groups is 1. The lowest BCUT2D eigenvalue weighted by atomic mass is 10.1. The van der Waals surface area contributed by atoms with Gasteiger partial charge in [0.2, 0.25) is 0 Å². The Labute approximate surface area is 105 Å². The Hall–Kier alpha value is -0.140. The molecule has 0 aromatic carbocycles. The smallest absolute Gasteiger partial charge is 0.252 e. The summed E-state index contributed by atoms with van der Waals surface area (Å²) in [7, 11) is -2.11. The largest absolute Gasteiger partial charge is 0.389 e. The molecule has 0 amide bonds. The zero-order valence-corrected chi connectivity index (χ0v) is 11.7. The van der Waals surface area contributed by atoms with Crippen LogP contribution in [0.25, 0.3) is 0 Å². The van der Waals surface area contributed by atoms with Crippen LogP contribution in [0.15, 0.2) is 16.3 Å². The Morgan fingerprint density at radius 3 is 2.44 bits per heavy atom. The van der Waals surface area contributed by atoms with Gasteiger partial charge in [0.05, 0.1) is 9.94 Å². The molecule has 16 heavy (non-hydrogen) atoms. The van der Waals surface area contributed by atoms with Crippen LogP contribution in [0.4, 0.5) is 0 Å². The first-order valence-corrected chi connectivity index (χ1v) is 7.20. The lowest BCUT2D eigenvalue weighted by Crippen LogP contribution is -2.39. The molecule has 1 aromatic heterocycles. The third-order valence-corrected chi connectivity index (χ3v) is 5.32. The highest BCUT2D eigenvalue weighted by atomic mass is 35.5. The average Bonchev–Trinajstić information content (AvgIpc) is 2.48. The Balaban J connectivity index is 2.95. The van der Waals surface area contributed by atoms with Crippen LogP contribution in [0, 0.1) is 0 Å². The number of hydrogen-bond donors (Lipinski definition) is 1. The summed E-state index contributed by atoms with van der Waals surface area (Å²) in [6, 6.07) is 3.00. The van der Waals surface area contributed by atoms with E-state index in [0.29, 0.717) is 4.34 Å². The van der Waals surface area contributed by atoms with Crippen molar-refractivity contribution in [2.45, 2.75) is 23.7 Å². The van der Waals surface area contributed by atoms with Crippen LogP contribution in [0.2, 0.25) is 4.34 Å². The maximum atomic E-state index is 12.0. The van der Waals surface area contributed by atoms with E-state index < -0.39 is 15.6 Å². The van der Waals surface area contributed by atoms with Gasteiger partial charge < -0.3 is 5.11 Å². The van der Waals surface area contributed by atoms with Crippen LogP contribution in [-0.4, -0.2) is 37.0 Å². The van der Waals surface area contributed by atoms with Gasteiger partial charge in [-0.3, -0.25) is 0 Å². The molecule has 0 aliphatic carbocycles. The Morgan fingerprint density at radius 2 is 2.06 bits per heavy atom. The van der Waals surface area contributed by atoms with Crippen LogP contribution in [0.3, 0.4) is 0 Å². The second-order valence-corrected chi connectivity index (χ2v) is 8.12. The summed E-state index contributed by atoms with van der Waals surface area (Å²) in [5.41, 5.74) is -1.07. The van der Waals surface area contributed by atoms with Gasteiger partial charge in [0, 0.05) is 13.6 Å². The van der Waals surface area contributed by atoms with Crippen LogP contribution in [0.5, 0.6) is 0 Å². The zero-order chi connectivity index (χ0) is 12.6. The first-order valence-electron chi connectivity index (χ1n) is 4.57. The number of rotatable bonds is 4. The quantitative estimate of drug-likeness (QED) is 0.917. The van der Waals surface area contributed by atoms with Crippen molar-refractivity contribution in [3.8, 4) is 0 Å². The van der Waals surface area contributed by atoms with E-state index in [1.807, 2.05) is 0 Å². The van der Waals surface area contributed by atoms with Crippen LogP contribution in [-0.2, 0) is 10.0 Å². The molecular formula is C9H14ClNO3S2. The molecule has 0 aliphatic rings. The van der Waals surface area contributed by atoms with E-state index in [4.69, 9.17) is 11.6 Å². The van der Waals surface area contributed by atoms with E-state index in [9.17, 15) is 13.5 Å². The fourth-order valence-corrected chi connectivity index (χ4v) is 4.24. The molecule has 0 saturated carbocycles. The first kappa shape index (κ1) is 13.9. The molecule has 0 fully saturated rings. The van der Waals surface area contributed by atoms with E-state index in [2.05, 4.69) is 0 Å². The Bertz CT molecular complexity index is 461. The summed E-state index contributed by atoms with van der Waals surface area (Å²) in [6.45, 7) is 3.14. The number of halogens is 1. The first-order chi connectivity index (χ1) is 7.13. The molecule has 0 unspecified atom stereocenters. The van der Waals surface area contributed by atoms with Crippen molar-refractivity contribution in [1.82, 2.24) is 4.31 Å². The molecule has 0 aliphatic heterocycles. The highest BCUT2D eigenvalue weighted by molar-refractivity contribution is 7.91. The van der Waals surface area contributed by atoms with Gasteiger partial charge in [0.1, 0.15) is 4.21 Å². The fourth-order valence-electron chi connectivity index (χ4n) is 1.22. The summed E-state index contributed by atoms with van der Waals surface area (Å²) in [4.78, 5) is 0. The summed E-state index contributed by atoms with van der Waals surface area (Å²) in [5, 5.41) is 9.57. The Kier molecular flexibility index (Phi) is 4.02. The molecule has 1 rings (SSSR count). The molecule has 7 heteroatoms. The highest BCUT2D eigenvalue weighted by Crippen LogP contribution is 2.28. The van der Waals surface area contributed by atoms with E-state index in [1.54, 1.807) is 13.8 Å². The summed E-state index contributed by atoms with van der Waals surface area (Å²) in [5.74, 6) is 0. The maximum Gasteiger partial charge on any atom is 0.252 e. The van der Waals surface area contributed by atoms with Crippen LogP contribution >= 0.6 is 22.9 Å². The van der Waals surface area contributed by atoms with Gasteiger partial charge in [-0.2, -0.15) is 4.31 Å². The van der Waals surface area contributed by atoms with Crippen LogP contribution < -0.4 is 0 Å². The van der Waals surface area contributed by atoms with Crippen molar-refractivity contribution >= 4 is 33.0 Å². The van der Waals surface area contributed by atoms with E-state index in [-0.39, 0.29) is 10.8 Å². The molecule has 0 radical (unpaired) electrons. The number of hydrogen-bond acceptors (Lipinski definition) is 4. The van der Waals surface area contributed by atoms with Crippen molar-refractivity contribution in [2.75, 3.05) is 13.6 Å². The second kappa shape index (κ2) is 4.62. The fraction of sp³-hybridized carbons (Fsp3) is 0.556. The minimum atomic E-state index is -3.54. The zero-order valence-electron chi connectivity index (χ0n) is 9.27. The van der Waals surface area contributed by atoms with Crippen molar-refractivity contribution in [2.24, 2.45) is 0 Å². The summed E-state index contributed by atoms with van der Waals surface area (Å²) in [6.07, 6.45) is 0. The maximum absolute atomic E-state index is 12.0. The van der Waals surface area contributed by atoms with E-state index >= 15 is 0 Å². The van der Waals surface area contributed by atoms with Crippen LogP contribution in [0.1, 0.15) is 13.8 Å². The summed E-state index contributed by atoms with van der Waals surface area (Å²) < 4.78 is 25.7. The van der Waals surface area contributed by atoms with Gasteiger partial charge in [0.25, 0.3) is 10.0 Å². The third-order valence-electron chi connectivity index (χ3n) is 1.82. The van der Waals surface area contributed by atoms with E-state index in [0.717, 1.165) is 15.6 Å². The standard InChI is InChI=1S/C9H14ClNO3S2/c1-9(2,12)6-11(3)16(13,14)8-5-4-7(10)15-8/h4-5,12H,6H2,1-3H3. The second-order valence-electron chi connectivity index (χ2n) is 4.13. The molecule has 0 saturated heterocycles. The minimum absolute atomic E-state index is 0.0326. The van der Waals surface area contributed by atoms with Gasteiger partial charge in [0.15, 0.2) is 0 Å². The molecule has 0 spiro atoms. The predicted octanol–water partition coefficient (Wildman–Crippen LogP) is 1.79. The Morgan fingerprint density at radius 1 is 1.50 bits per heavy atom. The minimum Gasteiger partial charge on any atom is -0.389 e. The van der Waals surface area contributed by atoms with Gasteiger partial charge in [-0.25, -0.2) is 8.42 Å². The van der Waals surface area contributed by atoms with Crippen molar-refractivity contribution in [3.05, 3.63) is 16.5 Å². The number of likely N-dealkylation sites (N-methyl/N-ethyl adjacent to an activating group) is 1.